The van der Waals surface area contributed by atoms with Crippen LogP contribution in [0.4, 0.5) is 11.4 Å². The van der Waals surface area contributed by atoms with Gasteiger partial charge in [0.05, 0.1) is 23.0 Å². The molecule has 4 N–H and O–H groups in total. The minimum Gasteiger partial charge on any atom is -0.397 e. The number of hydrogen-bond donors (Lipinski definition) is 3. The number of nitrogen functional groups attached to an aromatic ring is 1. The largest absolute Gasteiger partial charge is 0.397 e. The lowest BCUT2D eigenvalue weighted by molar-refractivity contribution is 0.292. The number of aliphatic hydroxyl groups is 1. The van der Waals surface area contributed by atoms with Crippen LogP contribution in [0, 0.1) is 6.92 Å². The predicted molar refractivity (Wildman–Crippen MR) is 119 cm³/mol. The molecule has 0 saturated heterocycles. The molecule has 0 atom stereocenters. The molecule has 0 saturated carbocycles. The molecule has 0 aliphatic carbocycles. The Hall–Kier alpha value is -2.66. The Balaban J connectivity index is 1.90. The molecule has 144 valence electrons. The highest BCUT2D eigenvalue weighted by molar-refractivity contribution is 6.33. The van der Waals surface area contributed by atoms with Gasteiger partial charge < -0.3 is 16.2 Å². The number of nitrogens with one attached hydrogen (secondary N) is 1. The van der Waals surface area contributed by atoms with Gasteiger partial charge in [0.15, 0.2) is 0 Å². The maximum absolute atomic E-state index is 8.91. The lowest BCUT2D eigenvalue weighted by Crippen LogP contribution is -2.17. The monoisotopic (exact) mass is 393 g/mol. The van der Waals surface area contributed by atoms with E-state index in [1.807, 2.05) is 42.5 Å². The van der Waals surface area contributed by atoms with Crippen LogP contribution in [0.3, 0.4) is 0 Å². The second kappa shape index (κ2) is 9.51. The summed E-state index contributed by atoms with van der Waals surface area (Å²) >= 11 is 6.29. The van der Waals surface area contributed by atoms with E-state index in [4.69, 9.17) is 22.4 Å². The number of aliphatic imine (C=N–C) groups is 1. The number of hydrogen-bond acceptors (Lipinski definition) is 4. The molecule has 0 radical (unpaired) electrons. The molecule has 28 heavy (non-hydrogen) atoms. The molecule has 4 nitrogen and oxygen atoms in total. The number of benzene rings is 3. The van der Waals surface area contributed by atoms with E-state index in [-0.39, 0.29) is 6.61 Å². The van der Waals surface area contributed by atoms with E-state index in [0.29, 0.717) is 23.8 Å². The lowest BCUT2D eigenvalue weighted by atomic mass is 9.99. The Bertz CT molecular complexity index is 971. The van der Waals surface area contributed by atoms with Gasteiger partial charge in [0.25, 0.3) is 0 Å². The van der Waals surface area contributed by atoms with E-state index in [2.05, 4.69) is 35.4 Å². The summed E-state index contributed by atoms with van der Waals surface area (Å²) in [7, 11) is 0. The van der Waals surface area contributed by atoms with Crippen molar-refractivity contribution >= 4 is 29.2 Å². The number of nitrogens with zero attached hydrogens (tertiary/aromatic N) is 1. The first-order valence-corrected chi connectivity index (χ1v) is 9.56. The van der Waals surface area contributed by atoms with Crippen LogP contribution in [0.5, 0.6) is 0 Å². The van der Waals surface area contributed by atoms with Crippen molar-refractivity contribution in [3.8, 4) is 11.1 Å². The maximum Gasteiger partial charge on any atom is 0.0665 e. The summed E-state index contributed by atoms with van der Waals surface area (Å²) in [4.78, 5) is 4.68. The van der Waals surface area contributed by atoms with E-state index in [0.717, 1.165) is 33.5 Å². The quantitative estimate of drug-likeness (QED) is 0.308. The fraction of sp³-hybridized carbons (Fsp3) is 0.174. The van der Waals surface area contributed by atoms with Gasteiger partial charge in [-0.15, -0.1) is 0 Å². The van der Waals surface area contributed by atoms with Gasteiger partial charge in [0.1, 0.15) is 0 Å². The van der Waals surface area contributed by atoms with Crippen LogP contribution in [0.15, 0.2) is 65.7 Å². The second-order valence-corrected chi connectivity index (χ2v) is 6.96. The van der Waals surface area contributed by atoms with Gasteiger partial charge in [-0.2, -0.15) is 0 Å². The summed E-state index contributed by atoms with van der Waals surface area (Å²) < 4.78 is 0. The molecule has 0 bridgehead atoms. The first-order valence-electron chi connectivity index (χ1n) is 9.18. The van der Waals surface area contributed by atoms with Crippen molar-refractivity contribution in [2.24, 2.45) is 4.99 Å². The van der Waals surface area contributed by atoms with Crippen LogP contribution in [-0.4, -0.2) is 24.5 Å². The van der Waals surface area contributed by atoms with Gasteiger partial charge in [-0.1, -0.05) is 54.1 Å². The average Bonchev–Trinajstić information content (AvgIpc) is 2.71. The van der Waals surface area contributed by atoms with Gasteiger partial charge in [-0.25, -0.2) is 0 Å². The van der Waals surface area contributed by atoms with E-state index in [9.17, 15) is 0 Å². The van der Waals surface area contributed by atoms with Crippen LogP contribution >= 0.6 is 11.6 Å². The standard InChI is InChI=1S/C23H24ClN3O/c1-16-20(18-6-3-2-4-7-18)8-5-9-22(16)27-15-19-12-17(14-26-10-11-28)13-21(24)23(19)25/h2-9,12-13,15,26,28H,10-11,14,25H2,1H3. The summed E-state index contributed by atoms with van der Waals surface area (Å²) in [6.45, 7) is 3.29. The zero-order chi connectivity index (χ0) is 19.9. The van der Waals surface area contributed by atoms with E-state index >= 15 is 0 Å². The fourth-order valence-corrected chi connectivity index (χ4v) is 3.30. The molecule has 5 heteroatoms. The molecule has 0 aliphatic heterocycles. The van der Waals surface area contributed by atoms with Crippen LogP contribution in [-0.2, 0) is 6.54 Å². The summed E-state index contributed by atoms with van der Waals surface area (Å²) in [5.41, 5.74) is 12.7. The smallest absolute Gasteiger partial charge is 0.0665 e. The molecule has 0 amide bonds. The molecule has 0 aromatic heterocycles. The van der Waals surface area contributed by atoms with Gasteiger partial charge in [0, 0.05) is 24.9 Å². The third-order valence-electron chi connectivity index (χ3n) is 4.57. The molecule has 3 rings (SSSR count). The van der Waals surface area contributed by atoms with E-state index < -0.39 is 0 Å². The number of rotatable bonds is 7. The molecular formula is C23H24ClN3O. The molecule has 3 aromatic rings. The van der Waals surface area contributed by atoms with Crippen molar-refractivity contribution in [3.05, 3.63) is 82.4 Å². The molecule has 0 fully saturated rings. The summed E-state index contributed by atoms with van der Waals surface area (Å²) in [6.07, 6.45) is 1.76. The minimum absolute atomic E-state index is 0.0913. The van der Waals surface area contributed by atoms with Crippen molar-refractivity contribution in [1.82, 2.24) is 5.32 Å². The Morgan fingerprint density at radius 3 is 2.64 bits per heavy atom. The highest BCUT2D eigenvalue weighted by atomic mass is 35.5. The highest BCUT2D eigenvalue weighted by Gasteiger charge is 2.07. The molecule has 0 unspecified atom stereocenters. The van der Waals surface area contributed by atoms with Gasteiger partial charge in [-0.3, -0.25) is 4.99 Å². The second-order valence-electron chi connectivity index (χ2n) is 6.55. The van der Waals surface area contributed by atoms with Crippen molar-refractivity contribution < 1.29 is 5.11 Å². The minimum atomic E-state index is 0.0913. The molecule has 0 spiro atoms. The number of halogens is 1. The van der Waals surface area contributed by atoms with Crippen molar-refractivity contribution in [3.63, 3.8) is 0 Å². The fourth-order valence-electron chi connectivity index (χ4n) is 3.05. The van der Waals surface area contributed by atoms with Gasteiger partial charge >= 0.3 is 0 Å². The normalized spacial score (nSPS) is 11.2. The van der Waals surface area contributed by atoms with Crippen molar-refractivity contribution in [2.45, 2.75) is 13.5 Å². The molecule has 0 aliphatic rings. The molecular weight excluding hydrogens is 370 g/mol. The average molecular weight is 394 g/mol. The Labute approximate surface area is 170 Å². The van der Waals surface area contributed by atoms with Crippen LogP contribution in [0.25, 0.3) is 11.1 Å². The number of aliphatic hydroxyl groups excluding tert-OH is 1. The Kier molecular flexibility index (Phi) is 6.82. The SMILES string of the molecule is Cc1c(N=Cc2cc(CNCCO)cc(Cl)c2N)cccc1-c1ccccc1. The van der Waals surface area contributed by atoms with E-state index in [1.165, 1.54) is 0 Å². The molecule has 3 aromatic carbocycles. The Morgan fingerprint density at radius 1 is 1.11 bits per heavy atom. The summed E-state index contributed by atoms with van der Waals surface area (Å²) in [5, 5.41) is 12.5. The lowest BCUT2D eigenvalue weighted by Gasteiger charge is -2.10. The van der Waals surface area contributed by atoms with Crippen LogP contribution in [0.2, 0.25) is 5.02 Å². The predicted octanol–water partition coefficient (Wildman–Crippen LogP) is 4.73. The van der Waals surface area contributed by atoms with Crippen LogP contribution in [0.1, 0.15) is 16.7 Å². The first kappa shape index (κ1) is 20.1. The zero-order valence-electron chi connectivity index (χ0n) is 15.8. The zero-order valence-corrected chi connectivity index (χ0v) is 16.6. The summed E-state index contributed by atoms with van der Waals surface area (Å²) in [5.74, 6) is 0. The number of nitrogens with two attached hydrogens (primary N) is 1. The molecule has 0 heterocycles. The van der Waals surface area contributed by atoms with Crippen LogP contribution < -0.4 is 11.1 Å². The van der Waals surface area contributed by atoms with Gasteiger partial charge in [-0.05, 0) is 47.4 Å². The third kappa shape index (κ3) is 4.78. The first-order chi connectivity index (χ1) is 13.6. The third-order valence-corrected chi connectivity index (χ3v) is 4.88. The number of anilines is 1. The van der Waals surface area contributed by atoms with Gasteiger partial charge in [0.2, 0.25) is 0 Å². The highest BCUT2D eigenvalue weighted by Crippen LogP contribution is 2.30. The summed E-state index contributed by atoms with van der Waals surface area (Å²) in [6, 6.07) is 20.2. The Morgan fingerprint density at radius 2 is 1.89 bits per heavy atom. The van der Waals surface area contributed by atoms with Crippen molar-refractivity contribution in [2.75, 3.05) is 18.9 Å². The van der Waals surface area contributed by atoms with E-state index in [1.54, 1.807) is 6.21 Å². The van der Waals surface area contributed by atoms with Crippen molar-refractivity contribution in [1.29, 1.82) is 0 Å². The topological polar surface area (TPSA) is 70.6 Å². The maximum atomic E-state index is 8.91.